The molecule has 0 fully saturated rings. The number of aromatic nitrogens is 2. The highest BCUT2D eigenvalue weighted by atomic mass is 16.5. The van der Waals surface area contributed by atoms with E-state index in [2.05, 4.69) is 0 Å². The fraction of sp³-hybridized carbons (Fsp3) is 0.231. The minimum absolute atomic E-state index is 0.0162. The first kappa shape index (κ1) is 25.2. The second-order valence-electron chi connectivity index (χ2n) is 7.59. The van der Waals surface area contributed by atoms with Gasteiger partial charge in [-0.3, -0.25) is 0 Å². The zero-order chi connectivity index (χ0) is 25.7. The van der Waals surface area contributed by atoms with Gasteiger partial charge >= 0.3 is 5.69 Å². The number of methoxy groups -OCH3 is 4. The minimum Gasteiger partial charge on any atom is -0.508 e. The van der Waals surface area contributed by atoms with Gasteiger partial charge in [-0.05, 0) is 24.3 Å². The van der Waals surface area contributed by atoms with Gasteiger partial charge in [-0.1, -0.05) is 0 Å². The number of rotatable bonds is 8. The molecule has 0 aliphatic carbocycles. The molecule has 2 aromatic carbocycles. The van der Waals surface area contributed by atoms with Crippen molar-refractivity contribution in [2.24, 2.45) is 14.1 Å². The Labute approximate surface area is 203 Å². The second kappa shape index (κ2) is 10.7. The number of ether oxygens (including phenoxy) is 4. The van der Waals surface area contributed by atoms with Crippen LogP contribution in [0.1, 0.15) is 22.5 Å². The Morgan fingerprint density at radius 3 is 1.51 bits per heavy atom. The van der Waals surface area contributed by atoms with Crippen LogP contribution in [0.15, 0.2) is 35.1 Å². The first-order chi connectivity index (χ1) is 16.7. The van der Waals surface area contributed by atoms with Crippen LogP contribution in [0.3, 0.4) is 0 Å². The Hall–Kier alpha value is -4.40. The molecule has 2 N–H and O–H groups in total. The number of hydrogen-bond acceptors (Lipinski definition) is 7. The summed E-state index contributed by atoms with van der Waals surface area (Å²) >= 11 is 0. The molecule has 0 radical (unpaired) electrons. The zero-order valence-corrected chi connectivity index (χ0v) is 20.5. The van der Waals surface area contributed by atoms with Crippen molar-refractivity contribution in [1.82, 2.24) is 4.57 Å². The van der Waals surface area contributed by atoms with E-state index >= 15 is 0 Å². The van der Waals surface area contributed by atoms with Gasteiger partial charge in [0.1, 0.15) is 45.9 Å². The Morgan fingerprint density at radius 1 is 0.714 bits per heavy atom. The quantitative estimate of drug-likeness (QED) is 0.477. The monoisotopic (exact) mass is 481 g/mol. The van der Waals surface area contributed by atoms with Crippen molar-refractivity contribution in [1.29, 1.82) is 0 Å². The topological polar surface area (TPSA) is 103 Å². The molecule has 0 atom stereocenters. The maximum atomic E-state index is 12.9. The number of nitrogens with zero attached hydrogens (tertiary/aromatic N) is 2. The molecule has 35 heavy (non-hydrogen) atoms. The highest BCUT2D eigenvalue weighted by Crippen LogP contribution is 2.36. The van der Waals surface area contributed by atoms with Crippen LogP contribution < -0.4 is 29.2 Å². The maximum absolute atomic E-state index is 12.9. The summed E-state index contributed by atoms with van der Waals surface area (Å²) in [5.74, 6) is 1.74. The normalized spacial score (nSPS) is 11.3. The molecule has 3 rings (SSSR count). The van der Waals surface area contributed by atoms with Crippen LogP contribution in [-0.4, -0.2) is 43.2 Å². The van der Waals surface area contributed by atoms with Crippen molar-refractivity contribution in [3.05, 3.63) is 63.3 Å². The van der Waals surface area contributed by atoms with Gasteiger partial charge < -0.3 is 29.2 Å². The molecular formula is C26H29N2O7+. The van der Waals surface area contributed by atoms with E-state index in [0.29, 0.717) is 45.5 Å². The van der Waals surface area contributed by atoms with Crippen LogP contribution in [0.4, 0.5) is 0 Å². The fourth-order valence-electron chi connectivity index (χ4n) is 3.63. The maximum Gasteiger partial charge on any atom is 0.498 e. The van der Waals surface area contributed by atoms with Crippen LogP contribution in [0.2, 0.25) is 0 Å². The summed E-state index contributed by atoms with van der Waals surface area (Å²) in [4.78, 5) is 12.9. The van der Waals surface area contributed by atoms with E-state index in [1.807, 2.05) is 6.07 Å². The molecule has 1 aromatic heterocycles. The molecule has 0 amide bonds. The SMILES string of the molecule is COc1cc(O)cc(OC)c1C=Cc1cc(C=Cc2c(OC)cc(O)cc2OC)[n+](C)c(=O)n1C. The van der Waals surface area contributed by atoms with Crippen molar-refractivity contribution in [3.63, 3.8) is 0 Å². The number of aromatic hydroxyl groups is 2. The van der Waals surface area contributed by atoms with E-state index in [9.17, 15) is 15.0 Å². The third-order valence-corrected chi connectivity index (χ3v) is 5.54. The zero-order valence-electron chi connectivity index (χ0n) is 20.5. The largest absolute Gasteiger partial charge is 0.508 e. The first-order valence-corrected chi connectivity index (χ1v) is 10.6. The number of phenolic OH excluding ortho intramolecular Hbond substituents is 2. The number of hydrogen-bond donors (Lipinski definition) is 2. The first-order valence-electron chi connectivity index (χ1n) is 10.6. The van der Waals surface area contributed by atoms with Crippen molar-refractivity contribution in [2.75, 3.05) is 28.4 Å². The minimum atomic E-state index is -0.235. The van der Waals surface area contributed by atoms with Crippen LogP contribution in [0.5, 0.6) is 34.5 Å². The van der Waals surface area contributed by atoms with Gasteiger partial charge in [0.05, 0.1) is 53.7 Å². The third-order valence-electron chi connectivity index (χ3n) is 5.54. The van der Waals surface area contributed by atoms with Crippen molar-refractivity contribution in [3.8, 4) is 34.5 Å². The fourth-order valence-corrected chi connectivity index (χ4v) is 3.63. The molecule has 1 heterocycles. The van der Waals surface area contributed by atoms with E-state index in [1.165, 1.54) is 61.8 Å². The Kier molecular flexibility index (Phi) is 7.70. The molecule has 0 bridgehead atoms. The van der Waals surface area contributed by atoms with Crippen molar-refractivity contribution in [2.45, 2.75) is 0 Å². The van der Waals surface area contributed by atoms with Gasteiger partial charge in [-0.15, -0.1) is 0 Å². The van der Waals surface area contributed by atoms with E-state index in [4.69, 9.17) is 18.9 Å². The van der Waals surface area contributed by atoms with Crippen molar-refractivity contribution < 1.29 is 33.7 Å². The standard InChI is InChI=1S/C26H28N2O7/c1-27-16(7-9-20-22(32-3)12-18(29)13-23(20)33-4)11-17(28(2)26(27)31)8-10-21-24(34-5)14-19(30)15-25(21)35-6/h7-15H,1-6H3,(H,29,30)/p+1. The van der Waals surface area contributed by atoms with E-state index < -0.39 is 0 Å². The number of benzene rings is 2. The van der Waals surface area contributed by atoms with Gasteiger partial charge in [0.25, 0.3) is 0 Å². The van der Waals surface area contributed by atoms with Crippen molar-refractivity contribution >= 4 is 24.3 Å². The van der Waals surface area contributed by atoms with E-state index in [-0.39, 0.29) is 17.2 Å². The van der Waals surface area contributed by atoms with Crippen LogP contribution in [0, 0.1) is 0 Å². The summed E-state index contributed by atoms with van der Waals surface area (Å²) in [6.45, 7) is 0. The summed E-state index contributed by atoms with van der Waals surface area (Å²) in [6, 6.07) is 7.78. The van der Waals surface area contributed by atoms with Gasteiger partial charge in [0.2, 0.25) is 0 Å². The molecule has 0 spiro atoms. The molecule has 0 saturated carbocycles. The smallest absolute Gasteiger partial charge is 0.498 e. The highest BCUT2D eigenvalue weighted by Gasteiger charge is 2.16. The summed E-state index contributed by atoms with van der Waals surface area (Å²) < 4.78 is 24.5. The lowest BCUT2D eigenvalue weighted by atomic mass is 10.1. The Morgan fingerprint density at radius 2 is 1.11 bits per heavy atom. The summed E-state index contributed by atoms with van der Waals surface area (Å²) in [5, 5.41) is 19.8. The van der Waals surface area contributed by atoms with E-state index in [0.717, 1.165) is 0 Å². The summed E-state index contributed by atoms with van der Waals surface area (Å²) in [5.41, 5.74) is 2.23. The van der Waals surface area contributed by atoms with Crippen LogP contribution in [-0.2, 0) is 14.1 Å². The third kappa shape index (κ3) is 5.24. The molecular weight excluding hydrogens is 452 g/mol. The van der Waals surface area contributed by atoms with Gasteiger partial charge in [0, 0.05) is 30.3 Å². The van der Waals surface area contributed by atoms with Gasteiger partial charge in [-0.2, -0.15) is 13.9 Å². The predicted octanol–water partition coefficient (Wildman–Crippen LogP) is 3.00. The highest BCUT2D eigenvalue weighted by molar-refractivity contribution is 5.78. The lowest BCUT2D eigenvalue weighted by molar-refractivity contribution is -0.692. The average molecular weight is 482 g/mol. The lowest BCUT2D eigenvalue weighted by Gasteiger charge is -2.11. The van der Waals surface area contributed by atoms with Gasteiger partial charge in [0.15, 0.2) is 0 Å². The molecule has 0 saturated heterocycles. The summed E-state index contributed by atoms with van der Waals surface area (Å²) in [7, 11) is 9.34. The van der Waals surface area contributed by atoms with Crippen LogP contribution >= 0.6 is 0 Å². The van der Waals surface area contributed by atoms with Crippen LogP contribution in [0.25, 0.3) is 24.3 Å². The second-order valence-corrected chi connectivity index (χ2v) is 7.59. The predicted molar refractivity (Wildman–Crippen MR) is 133 cm³/mol. The molecule has 9 heteroatoms. The molecule has 9 nitrogen and oxygen atoms in total. The molecule has 0 aliphatic rings. The molecule has 0 aliphatic heterocycles. The lowest BCUT2D eigenvalue weighted by Crippen LogP contribution is -2.53. The Bertz CT molecular complexity index is 1210. The van der Waals surface area contributed by atoms with Gasteiger partial charge in [-0.25, -0.2) is 0 Å². The summed E-state index contributed by atoms with van der Waals surface area (Å²) in [6.07, 6.45) is 7.03. The molecule has 0 unspecified atom stereocenters. The molecule has 3 aromatic rings. The average Bonchev–Trinajstić information content (AvgIpc) is 2.86. The Balaban J connectivity index is 2.10. The molecule has 184 valence electrons. The van der Waals surface area contributed by atoms with E-state index in [1.54, 1.807) is 38.4 Å². The number of phenols is 2.